The van der Waals surface area contributed by atoms with Crippen molar-refractivity contribution in [1.29, 1.82) is 5.26 Å². The average molecular weight is 480 g/mol. The second kappa shape index (κ2) is 8.97. The Morgan fingerprint density at radius 2 is 1.91 bits per heavy atom. The number of hydrogen-bond donors (Lipinski definition) is 1. The lowest BCUT2D eigenvalue weighted by Crippen LogP contribution is -2.43. The molecule has 3 rings (SSSR count). The number of nitrogens with zero attached hydrogens (tertiary/aromatic N) is 3. The fourth-order valence-corrected chi connectivity index (χ4v) is 3.73. The number of halogens is 6. The summed E-state index contributed by atoms with van der Waals surface area (Å²) in [7, 11) is 1.15. The van der Waals surface area contributed by atoms with E-state index in [9.17, 15) is 35.9 Å². The predicted octanol–water partition coefficient (Wildman–Crippen LogP) is 2.63. The van der Waals surface area contributed by atoms with Gasteiger partial charge in [-0.15, -0.1) is 0 Å². The normalized spacial score (nSPS) is 23.4. The van der Waals surface area contributed by atoms with Gasteiger partial charge < -0.3 is 24.6 Å². The number of ether oxygens (including phenoxy) is 2. The molecule has 2 aliphatic rings. The molecule has 0 spiro atoms. The van der Waals surface area contributed by atoms with Crippen LogP contribution in [0.25, 0.3) is 0 Å². The first-order valence-electron chi connectivity index (χ1n) is 9.58. The molecule has 0 aromatic heterocycles. The van der Waals surface area contributed by atoms with E-state index in [1.54, 1.807) is 0 Å². The molecular weight excluding hydrogens is 462 g/mol. The maximum atomic E-state index is 13.6. The number of anilines is 1. The summed E-state index contributed by atoms with van der Waals surface area (Å²) in [5.74, 6) is -0.786. The van der Waals surface area contributed by atoms with Crippen molar-refractivity contribution in [3.8, 4) is 6.07 Å². The first kappa shape index (κ1) is 24.4. The molecule has 2 heterocycles. The van der Waals surface area contributed by atoms with Gasteiger partial charge in [-0.05, 0) is 24.6 Å². The SMILES string of the molecule is COC(=O)N[C@@H]1CCN(C(=O)[C@@H]2CN(c3ccc(C#N)c(C(F)(F)F)c3)[C@@H](C(F)(F)F)O2)C1. The van der Waals surface area contributed by atoms with Crippen LogP contribution in [0.2, 0.25) is 0 Å². The first-order chi connectivity index (χ1) is 15.3. The fourth-order valence-electron chi connectivity index (χ4n) is 3.73. The number of alkyl carbamates (subject to hydrolysis) is 1. The van der Waals surface area contributed by atoms with E-state index in [0.717, 1.165) is 19.2 Å². The van der Waals surface area contributed by atoms with Crippen LogP contribution in [0, 0.1) is 11.3 Å². The summed E-state index contributed by atoms with van der Waals surface area (Å²) in [4.78, 5) is 25.8. The van der Waals surface area contributed by atoms with E-state index in [4.69, 9.17) is 10.00 Å². The van der Waals surface area contributed by atoms with Gasteiger partial charge in [-0.1, -0.05) is 0 Å². The number of hydrogen-bond acceptors (Lipinski definition) is 6. The van der Waals surface area contributed by atoms with Gasteiger partial charge in [0.2, 0.25) is 6.23 Å². The summed E-state index contributed by atoms with van der Waals surface area (Å²) in [6, 6.07) is 3.03. The van der Waals surface area contributed by atoms with E-state index in [0.29, 0.717) is 17.4 Å². The Hall–Kier alpha value is -3.21. The van der Waals surface area contributed by atoms with Crippen molar-refractivity contribution in [2.45, 2.75) is 37.1 Å². The second-order valence-electron chi connectivity index (χ2n) is 7.42. The molecule has 8 nitrogen and oxygen atoms in total. The maximum Gasteiger partial charge on any atom is 0.433 e. The quantitative estimate of drug-likeness (QED) is 0.669. The Labute approximate surface area is 183 Å². The monoisotopic (exact) mass is 480 g/mol. The largest absolute Gasteiger partial charge is 0.453 e. The zero-order valence-corrected chi connectivity index (χ0v) is 17.0. The Kier molecular flexibility index (Phi) is 6.64. The zero-order chi connectivity index (χ0) is 24.6. The topological polar surface area (TPSA) is 94.9 Å². The number of alkyl halides is 6. The van der Waals surface area contributed by atoms with Crippen LogP contribution in [-0.4, -0.2) is 68.2 Å². The highest BCUT2D eigenvalue weighted by Crippen LogP contribution is 2.39. The van der Waals surface area contributed by atoms with Gasteiger partial charge in [0.15, 0.2) is 6.10 Å². The summed E-state index contributed by atoms with van der Waals surface area (Å²) in [5, 5.41) is 11.4. The molecule has 2 aliphatic heterocycles. The van der Waals surface area contributed by atoms with Crippen molar-refractivity contribution in [3.63, 3.8) is 0 Å². The van der Waals surface area contributed by atoms with Gasteiger partial charge in [0, 0.05) is 18.8 Å². The first-order valence-corrected chi connectivity index (χ1v) is 9.58. The van der Waals surface area contributed by atoms with E-state index in [2.05, 4.69) is 10.1 Å². The third kappa shape index (κ3) is 5.24. The number of likely N-dealkylation sites (tertiary alicyclic amines) is 1. The predicted molar refractivity (Wildman–Crippen MR) is 98.7 cm³/mol. The summed E-state index contributed by atoms with van der Waals surface area (Å²) >= 11 is 0. The number of nitriles is 1. The molecule has 0 saturated carbocycles. The highest BCUT2D eigenvalue weighted by atomic mass is 19.4. The Morgan fingerprint density at radius 3 is 2.48 bits per heavy atom. The van der Waals surface area contributed by atoms with E-state index in [1.807, 2.05) is 0 Å². The van der Waals surface area contributed by atoms with Crippen LogP contribution in [0.4, 0.5) is 36.8 Å². The number of benzene rings is 1. The van der Waals surface area contributed by atoms with E-state index in [1.165, 1.54) is 11.0 Å². The van der Waals surface area contributed by atoms with Crippen molar-refractivity contribution in [2.75, 3.05) is 31.6 Å². The van der Waals surface area contributed by atoms with E-state index in [-0.39, 0.29) is 13.1 Å². The standard InChI is InChI=1S/C19H18F6N4O4/c1-32-17(31)27-11-4-5-28(8-11)15(30)14-9-29(16(33-14)19(23,24)25)12-3-2-10(7-26)13(6-12)18(20,21)22/h2-3,6,11,14,16H,4-5,8-9H2,1H3,(H,27,31)/t11-,14+,16-/m1/s1. The highest BCUT2D eigenvalue weighted by Gasteiger charge is 2.53. The molecule has 0 radical (unpaired) electrons. The van der Waals surface area contributed by atoms with Gasteiger partial charge >= 0.3 is 18.4 Å². The Balaban J connectivity index is 1.82. The highest BCUT2D eigenvalue weighted by molar-refractivity contribution is 5.83. The molecule has 14 heteroatoms. The van der Waals surface area contributed by atoms with Gasteiger partial charge in [0.05, 0.1) is 36.9 Å². The lowest BCUT2D eigenvalue weighted by atomic mass is 10.1. The van der Waals surface area contributed by atoms with Crippen molar-refractivity contribution in [1.82, 2.24) is 10.2 Å². The van der Waals surface area contributed by atoms with Gasteiger partial charge in [0.25, 0.3) is 5.91 Å². The molecule has 3 atom stereocenters. The molecule has 33 heavy (non-hydrogen) atoms. The molecule has 2 amide bonds. The van der Waals surface area contributed by atoms with Crippen LogP contribution < -0.4 is 10.2 Å². The minimum Gasteiger partial charge on any atom is -0.453 e. The Morgan fingerprint density at radius 1 is 1.21 bits per heavy atom. The molecule has 2 fully saturated rings. The Bertz CT molecular complexity index is 961. The summed E-state index contributed by atoms with van der Waals surface area (Å²) in [6.07, 6.45) is -14.6. The molecule has 0 aliphatic carbocycles. The maximum absolute atomic E-state index is 13.6. The lowest BCUT2D eigenvalue weighted by molar-refractivity contribution is -0.214. The van der Waals surface area contributed by atoms with Crippen molar-refractivity contribution in [2.24, 2.45) is 0 Å². The number of amides is 2. The molecule has 1 N–H and O–H groups in total. The van der Waals surface area contributed by atoms with Gasteiger partial charge in [0.1, 0.15) is 0 Å². The smallest absolute Gasteiger partial charge is 0.433 e. The number of carbonyl (C=O) groups is 2. The molecule has 2 saturated heterocycles. The molecular formula is C19H18F6N4O4. The molecule has 180 valence electrons. The van der Waals surface area contributed by atoms with Gasteiger partial charge in [-0.2, -0.15) is 31.6 Å². The fraction of sp³-hybridized carbons (Fsp3) is 0.526. The van der Waals surface area contributed by atoms with E-state index < -0.39 is 66.1 Å². The number of rotatable bonds is 3. The van der Waals surface area contributed by atoms with Crippen LogP contribution in [0.15, 0.2) is 18.2 Å². The third-order valence-electron chi connectivity index (χ3n) is 5.26. The van der Waals surface area contributed by atoms with Crippen LogP contribution in [-0.2, 0) is 20.4 Å². The minimum absolute atomic E-state index is 0.0135. The second-order valence-corrected chi connectivity index (χ2v) is 7.42. The number of methoxy groups -OCH3 is 1. The van der Waals surface area contributed by atoms with Crippen molar-refractivity contribution in [3.05, 3.63) is 29.3 Å². The van der Waals surface area contributed by atoms with Crippen LogP contribution in [0.3, 0.4) is 0 Å². The van der Waals surface area contributed by atoms with Crippen LogP contribution in [0.1, 0.15) is 17.5 Å². The van der Waals surface area contributed by atoms with Crippen LogP contribution >= 0.6 is 0 Å². The number of nitrogens with one attached hydrogen (secondary N) is 1. The number of carbonyl (C=O) groups excluding carboxylic acids is 2. The van der Waals surface area contributed by atoms with Crippen LogP contribution in [0.5, 0.6) is 0 Å². The van der Waals surface area contributed by atoms with Crippen molar-refractivity contribution < 1.29 is 45.4 Å². The average Bonchev–Trinajstić information content (AvgIpc) is 3.39. The molecule has 0 unspecified atom stereocenters. The van der Waals surface area contributed by atoms with Crippen molar-refractivity contribution >= 4 is 17.7 Å². The third-order valence-corrected chi connectivity index (χ3v) is 5.26. The molecule has 1 aromatic carbocycles. The summed E-state index contributed by atoms with van der Waals surface area (Å²) < 4.78 is 90.0. The lowest BCUT2D eigenvalue weighted by Gasteiger charge is -2.27. The zero-order valence-electron chi connectivity index (χ0n) is 17.0. The van der Waals surface area contributed by atoms with Gasteiger partial charge in [-0.3, -0.25) is 4.79 Å². The molecule has 1 aromatic rings. The summed E-state index contributed by atoms with van der Waals surface area (Å²) in [6.45, 7) is -0.503. The summed E-state index contributed by atoms with van der Waals surface area (Å²) in [5.41, 5.74) is -2.64. The van der Waals surface area contributed by atoms with E-state index >= 15 is 0 Å². The minimum atomic E-state index is -5.01. The van der Waals surface area contributed by atoms with Gasteiger partial charge in [-0.25, -0.2) is 4.79 Å². The molecule has 0 bridgehead atoms.